The van der Waals surface area contributed by atoms with Gasteiger partial charge < -0.3 is 5.32 Å². The molecule has 2 aromatic rings. The summed E-state index contributed by atoms with van der Waals surface area (Å²) >= 11 is 5.11. The van der Waals surface area contributed by atoms with Gasteiger partial charge in [0.1, 0.15) is 0 Å². The van der Waals surface area contributed by atoms with Gasteiger partial charge in [-0.2, -0.15) is 0 Å². The molecule has 0 atom stereocenters. The Morgan fingerprint density at radius 3 is 3.06 bits per heavy atom. The molecule has 0 saturated heterocycles. The Morgan fingerprint density at radius 1 is 1.44 bits per heavy atom. The first-order chi connectivity index (χ1) is 7.83. The summed E-state index contributed by atoms with van der Waals surface area (Å²) < 4.78 is 0.957. The SMILES string of the molecule is Brc1cnccc1Nc1nc(C2CC2)cs1. The summed E-state index contributed by atoms with van der Waals surface area (Å²) in [7, 11) is 0. The fourth-order valence-electron chi connectivity index (χ4n) is 1.50. The lowest BCUT2D eigenvalue weighted by molar-refractivity contribution is 1.05. The van der Waals surface area contributed by atoms with Gasteiger partial charge in [-0.05, 0) is 34.8 Å². The molecule has 0 spiro atoms. The number of rotatable bonds is 3. The van der Waals surface area contributed by atoms with Gasteiger partial charge in [0.05, 0.1) is 15.9 Å². The molecule has 3 rings (SSSR count). The van der Waals surface area contributed by atoms with Crippen molar-refractivity contribution in [2.24, 2.45) is 0 Å². The van der Waals surface area contributed by atoms with Gasteiger partial charge in [0.2, 0.25) is 0 Å². The van der Waals surface area contributed by atoms with Crippen molar-refractivity contribution < 1.29 is 0 Å². The van der Waals surface area contributed by atoms with Crippen LogP contribution in [0.5, 0.6) is 0 Å². The van der Waals surface area contributed by atoms with Crippen molar-refractivity contribution in [1.82, 2.24) is 9.97 Å². The van der Waals surface area contributed by atoms with E-state index in [0.29, 0.717) is 5.92 Å². The second-order valence-electron chi connectivity index (χ2n) is 3.83. The highest BCUT2D eigenvalue weighted by molar-refractivity contribution is 9.10. The summed E-state index contributed by atoms with van der Waals surface area (Å²) in [6.07, 6.45) is 6.13. The highest BCUT2D eigenvalue weighted by atomic mass is 79.9. The fraction of sp³-hybridized carbons (Fsp3) is 0.273. The largest absolute Gasteiger partial charge is 0.330 e. The minimum absolute atomic E-state index is 0.715. The van der Waals surface area contributed by atoms with Crippen LogP contribution in [0.2, 0.25) is 0 Å². The van der Waals surface area contributed by atoms with E-state index in [0.717, 1.165) is 15.3 Å². The Balaban J connectivity index is 1.80. The smallest absolute Gasteiger partial charge is 0.187 e. The van der Waals surface area contributed by atoms with Crippen molar-refractivity contribution in [3.8, 4) is 0 Å². The van der Waals surface area contributed by atoms with E-state index in [4.69, 9.17) is 0 Å². The van der Waals surface area contributed by atoms with Gasteiger partial charge in [0.15, 0.2) is 5.13 Å². The highest BCUT2D eigenvalue weighted by Crippen LogP contribution is 2.41. The third-order valence-corrected chi connectivity index (χ3v) is 3.94. The topological polar surface area (TPSA) is 37.8 Å². The van der Waals surface area contributed by atoms with Gasteiger partial charge in [0.25, 0.3) is 0 Å². The zero-order valence-electron chi connectivity index (χ0n) is 8.48. The third-order valence-electron chi connectivity index (χ3n) is 2.53. The number of hydrogen-bond acceptors (Lipinski definition) is 4. The van der Waals surface area contributed by atoms with Gasteiger partial charge in [-0.25, -0.2) is 4.98 Å². The van der Waals surface area contributed by atoms with Crippen LogP contribution >= 0.6 is 27.3 Å². The van der Waals surface area contributed by atoms with Crippen LogP contribution in [-0.2, 0) is 0 Å². The van der Waals surface area contributed by atoms with Gasteiger partial charge in [-0.15, -0.1) is 11.3 Å². The molecule has 0 radical (unpaired) electrons. The van der Waals surface area contributed by atoms with E-state index >= 15 is 0 Å². The number of hydrogen-bond donors (Lipinski definition) is 1. The van der Waals surface area contributed by atoms with Crippen LogP contribution in [0.4, 0.5) is 10.8 Å². The van der Waals surface area contributed by atoms with E-state index < -0.39 is 0 Å². The molecule has 0 amide bonds. The Morgan fingerprint density at radius 2 is 2.31 bits per heavy atom. The summed E-state index contributed by atoms with van der Waals surface area (Å²) in [5, 5.41) is 6.40. The van der Waals surface area contributed by atoms with Crippen molar-refractivity contribution in [2.45, 2.75) is 18.8 Å². The Kier molecular flexibility index (Phi) is 2.65. The van der Waals surface area contributed by atoms with E-state index in [1.54, 1.807) is 23.7 Å². The van der Waals surface area contributed by atoms with Crippen LogP contribution in [-0.4, -0.2) is 9.97 Å². The Labute approximate surface area is 106 Å². The average Bonchev–Trinajstić information content (AvgIpc) is 3.03. The summed E-state index contributed by atoms with van der Waals surface area (Å²) in [6, 6.07) is 1.93. The number of anilines is 2. The highest BCUT2D eigenvalue weighted by Gasteiger charge is 2.26. The Hall–Kier alpha value is -0.940. The van der Waals surface area contributed by atoms with E-state index in [1.807, 2.05) is 6.07 Å². The first-order valence-electron chi connectivity index (χ1n) is 5.15. The minimum Gasteiger partial charge on any atom is -0.330 e. The zero-order chi connectivity index (χ0) is 11.0. The van der Waals surface area contributed by atoms with Crippen molar-refractivity contribution in [3.63, 3.8) is 0 Å². The van der Waals surface area contributed by atoms with Crippen LogP contribution < -0.4 is 5.32 Å². The minimum atomic E-state index is 0.715. The van der Waals surface area contributed by atoms with Crippen LogP contribution in [0.1, 0.15) is 24.5 Å². The molecule has 0 aliphatic heterocycles. The molecule has 1 N–H and O–H groups in total. The van der Waals surface area contributed by atoms with Crippen molar-refractivity contribution in [2.75, 3.05) is 5.32 Å². The molecule has 1 aliphatic rings. The van der Waals surface area contributed by atoms with Crippen molar-refractivity contribution in [3.05, 3.63) is 34.0 Å². The second kappa shape index (κ2) is 4.14. The lowest BCUT2D eigenvalue weighted by Gasteiger charge is -2.03. The summed E-state index contributed by atoms with van der Waals surface area (Å²) in [5.41, 5.74) is 2.24. The van der Waals surface area contributed by atoms with Gasteiger partial charge >= 0.3 is 0 Å². The molecular weight excluding hydrogens is 286 g/mol. The van der Waals surface area contributed by atoms with Gasteiger partial charge in [0, 0.05) is 23.7 Å². The zero-order valence-corrected chi connectivity index (χ0v) is 10.9. The molecule has 5 heteroatoms. The molecule has 3 nitrogen and oxygen atoms in total. The Bertz CT molecular complexity index is 507. The first kappa shape index (κ1) is 10.2. The fourth-order valence-corrected chi connectivity index (χ4v) is 2.66. The molecule has 0 aromatic carbocycles. The van der Waals surface area contributed by atoms with Crippen molar-refractivity contribution >= 4 is 38.1 Å². The molecular formula is C11H10BrN3S. The van der Waals surface area contributed by atoms with Crippen LogP contribution in [0.25, 0.3) is 0 Å². The molecule has 0 unspecified atom stereocenters. The third kappa shape index (κ3) is 2.10. The van der Waals surface area contributed by atoms with E-state index in [-0.39, 0.29) is 0 Å². The molecule has 2 heterocycles. The van der Waals surface area contributed by atoms with Gasteiger partial charge in [-0.3, -0.25) is 4.98 Å². The number of thiazole rings is 1. The molecule has 1 fully saturated rings. The lowest BCUT2D eigenvalue weighted by Crippen LogP contribution is -1.91. The maximum absolute atomic E-state index is 4.57. The molecule has 1 saturated carbocycles. The maximum Gasteiger partial charge on any atom is 0.187 e. The summed E-state index contributed by atoms with van der Waals surface area (Å²) in [4.78, 5) is 8.60. The average molecular weight is 296 g/mol. The summed E-state index contributed by atoms with van der Waals surface area (Å²) in [5.74, 6) is 0.715. The number of nitrogens with zero attached hydrogens (tertiary/aromatic N) is 2. The quantitative estimate of drug-likeness (QED) is 0.932. The molecule has 82 valence electrons. The van der Waals surface area contributed by atoms with Crippen LogP contribution in [0.3, 0.4) is 0 Å². The monoisotopic (exact) mass is 295 g/mol. The molecule has 16 heavy (non-hydrogen) atoms. The number of pyridine rings is 1. The number of aromatic nitrogens is 2. The normalized spacial score (nSPS) is 15.1. The predicted molar refractivity (Wildman–Crippen MR) is 69.3 cm³/mol. The first-order valence-corrected chi connectivity index (χ1v) is 6.82. The number of halogens is 1. The second-order valence-corrected chi connectivity index (χ2v) is 5.54. The van der Waals surface area contributed by atoms with Crippen LogP contribution in [0, 0.1) is 0 Å². The molecule has 1 aliphatic carbocycles. The summed E-state index contributed by atoms with van der Waals surface area (Å²) in [6.45, 7) is 0. The standard InChI is InChI=1S/C11H10BrN3S/c12-8-5-13-4-3-9(8)14-11-15-10(6-16-11)7-1-2-7/h3-7H,1-2H2,(H,13,14,15). The maximum atomic E-state index is 4.57. The lowest BCUT2D eigenvalue weighted by atomic mass is 10.3. The number of nitrogens with one attached hydrogen (secondary N) is 1. The van der Waals surface area contributed by atoms with Crippen molar-refractivity contribution in [1.29, 1.82) is 0 Å². The van der Waals surface area contributed by atoms with Crippen LogP contribution in [0.15, 0.2) is 28.3 Å². The molecule has 0 bridgehead atoms. The predicted octanol–water partition coefficient (Wildman–Crippen LogP) is 3.92. The van der Waals surface area contributed by atoms with E-state index in [9.17, 15) is 0 Å². The van der Waals surface area contributed by atoms with Gasteiger partial charge in [-0.1, -0.05) is 0 Å². The van der Waals surface area contributed by atoms with E-state index in [2.05, 4.69) is 36.6 Å². The van der Waals surface area contributed by atoms with E-state index in [1.165, 1.54) is 18.5 Å². The molecule has 2 aromatic heterocycles.